The third-order valence-electron chi connectivity index (χ3n) is 4.77. The van der Waals surface area contributed by atoms with E-state index in [9.17, 15) is 9.18 Å². The largest absolute Gasteiger partial charge is 0.496 e. The fourth-order valence-electron chi connectivity index (χ4n) is 3.37. The molecule has 0 spiro atoms. The van der Waals surface area contributed by atoms with E-state index >= 15 is 0 Å². The Hall–Kier alpha value is -3.26. The van der Waals surface area contributed by atoms with Gasteiger partial charge < -0.3 is 15.0 Å². The van der Waals surface area contributed by atoms with Gasteiger partial charge >= 0.3 is 0 Å². The maximum absolute atomic E-state index is 13.2. The van der Waals surface area contributed by atoms with Gasteiger partial charge in [0.2, 0.25) is 0 Å². The monoisotopic (exact) mass is 381 g/mol. The molecule has 0 radical (unpaired) electrons. The average molecular weight is 381 g/mol. The minimum atomic E-state index is -0.340. The number of halogens is 1. The topological polar surface area (TPSA) is 72.3 Å². The highest BCUT2D eigenvalue weighted by atomic mass is 19.1. The van der Waals surface area contributed by atoms with Gasteiger partial charge in [0, 0.05) is 25.2 Å². The molecule has 2 heterocycles. The zero-order valence-electron chi connectivity index (χ0n) is 15.4. The Balaban J connectivity index is 1.61. The molecule has 4 rings (SSSR count). The molecule has 1 saturated heterocycles. The lowest BCUT2D eigenvalue weighted by Crippen LogP contribution is -2.48. The first-order valence-corrected chi connectivity index (χ1v) is 9.00. The molecule has 8 heteroatoms. The van der Waals surface area contributed by atoms with Crippen molar-refractivity contribution >= 4 is 5.91 Å². The van der Waals surface area contributed by atoms with Crippen molar-refractivity contribution in [1.29, 1.82) is 0 Å². The van der Waals surface area contributed by atoms with E-state index in [1.807, 2.05) is 24.3 Å². The van der Waals surface area contributed by atoms with Crippen molar-refractivity contribution in [1.82, 2.24) is 25.2 Å². The first kappa shape index (κ1) is 18.1. The summed E-state index contributed by atoms with van der Waals surface area (Å²) < 4.78 is 18.6. The van der Waals surface area contributed by atoms with Gasteiger partial charge in [0.25, 0.3) is 5.91 Å². The van der Waals surface area contributed by atoms with Crippen molar-refractivity contribution in [2.75, 3.05) is 26.7 Å². The predicted molar refractivity (Wildman–Crippen MR) is 101 cm³/mol. The minimum absolute atomic E-state index is 0.173. The maximum Gasteiger partial charge on any atom is 0.276 e. The highest BCUT2D eigenvalue weighted by Gasteiger charge is 2.31. The quantitative estimate of drug-likeness (QED) is 0.750. The van der Waals surface area contributed by atoms with Crippen LogP contribution in [0.5, 0.6) is 5.75 Å². The summed E-state index contributed by atoms with van der Waals surface area (Å²) in [6.45, 7) is 1.87. The van der Waals surface area contributed by atoms with Crippen LogP contribution < -0.4 is 10.1 Å². The van der Waals surface area contributed by atoms with Crippen LogP contribution in [-0.4, -0.2) is 52.5 Å². The van der Waals surface area contributed by atoms with Gasteiger partial charge in [0.1, 0.15) is 11.6 Å². The van der Waals surface area contributed by atoms with E-state index in [-0.39, 0.29) is 23.5 Å². The van der Waals surface area contributed by atoms with Gasteiger partial charge in [-0.3, -0.25) is 4.79 Å². The first-order chi connectivity index (χ1) is 13.7. The number of hydrogen-bond donors (Lipinski definition) is 1. The number of carbonyl (C=O) groups is 1. The lowest BCUT2D eigenvalue weighted by atomic mass is 10.0. The van der Waals surface area contributed by atoms with Crippen LogP contribution in [0.3, 0.4) is 0 Å². The Bertz CT molecular complexity index is 973. The van der Waals surface area contributed by atoms with Crippen LogP contribution in [0.4, 0.5) is 4.39 Å². The summed E-state index contributed by atoms with van der Waals surface area (Å²) >= 11 is 0. The number of ether oxygens (including phenoxy) is 1. The number of piperazine rings is 1. The molecular weight excluding hydrogens is 361 g/mol. The van der Waals surface area contributed by atoms with Gasteiger partial charge in [-0.25, -0.2) is 4.39 Å². The Morgan fingerprint density at radius 1 is 1.21 bits per heavy atom. The summed E-state index contributed by atoms with van der Waals surface area (Å²) in [5.74, 6) is 0.197. The summed E-state index contributed by atoms with van der Waals surface area (Å²) in [7, 11) is 1.62. The summed E-state index contributed by atoms with van der Waals surface area (Å²) in [5.41, 5.74) is 1.77. The van der Waals surface area contributed by atoms with Gasteiger partial charge in [-0.2, -0.15) is 9.90 Å². The standard InChI is InChI=1S/C20H20FN5O2/c1-28-19-5-3-2-4-16(19)18-13-22-10-11-25(18)20(27)17-12-23-26(24-17)15-8-6-14(21)7-9-15/h2-9,12,18,22H,10-11,13H2,1H3. The number of nitrogens with one attached hydrogen (secondary N) is 1. The third-order valence-corrected chi connectivity index (χ3v) is 4.77. The molecule has 3 aromatic rings. The molecule has 7 nitrogen and oxygen atoms in total. The number of methoxy groups -OCH3 is 1. The molecule has 0 bridgehead atoms. The molecular formula is C20H20FN5O2. The van der Waals surface area contributed by atoms with Crippen LogP contribution in [0, 0.1) is 5.82 Å². The van der Waals surface area contributed by atoms with Crippen LogP contribution >= 0.6 is 0 Å². The summed E-state index contributed by atoms with van der Waals surface area (Å²) in [6.07, 6.45) is 1.44. The van der Waals surface area contributed by atoms with E-state index in [0.29, 0.717) is 25.3 Å². The van der Waals surface area contributed by atoms with E-state index in [2.05, 4.69) is 15.5 Å². The molecule has 144 valence electrons. The number of aromatic nitrogens is 3. The summed E-state index contributed by atoms with van der Waals surface area (Å²) in [6, 6.07) is 13.3. The molecule has 1 amide bonds. The fraction of sp³-hybridized carbons (Fsp3) is 0.250. The molecule has 1 aliphatic rings. The summed E-state index contributed by atoms with van der Waals surface area (Å²) in [4.78, 5) is 16.3. The number of benzene rings is 2. The van der Waals surface area contributed by atoms with Crippen molar-refractivity contribution in [3.8, 4) is 11.4 Å². The smallest absolute Gasteiger partial charge is 0.276 e. The molecule has 2 aromatic carbocycles. The molecule has 1 N–H and O–H groups in total. The van der Waals surface area contributed by atoms with Gasteiger partial charge in [0.05, 0.1) is 25.0 Å². The molecule has 1 unspecified atom stereocenters. The second-order valence-corrected chi connectivity index (χ2v) is 6.46. The van der Waals surface area contributed by atoms with Crippen LogP contribution in [0.1, 0.15) is 22.1 Å². The molecule has 1 atom stereocenters. The van der Waals surface area contributed by atoms with Crippen molar-refractivity contribution in [2.45, 2.75) is 6.04 Å². The Labute approximate surface area is 161 Å². The normalized spacial score (nSPS) is 16.8. The number of nitrogens with zero attached hydrogens (tertiary/aromatic N) is 4. The SMILES string of the molecule is COc1ccccc1C1CNCCN1C(=O)c1cnn(-c2ccc(F)cc2)n1. The van der Waals surface area contributed by atoms with Crippen LogP contribution in [0.25, 0.3) is 5.69 Å². The van der Waals surface area contributed by atoms with Gasteiger partial charge in [-0.15, -0.1) is 5.10 Å². The predicted octanol–water partition coefficient (Wildman–Crippen LogP) is 2.20. The molecule has 1 aromatic heterocycles. The van der Waals surface area contributed by atoms with Crippen LogP contribution in [0.2, 0.25) is 0 Å². The van der Waals surface area contributed by atoms with Crippen molar-refractivity contribution in [3.63, 3.8) is 0 Å². The highest BCUT2D eigenvalue weighted by molar-refractivity contribution is 5.92. The lowest BCUT2D eigenvalue weighted by Gasteiger charge is -2.36. The van der Waals surface area contributed by atoms with Crippen molar-refractivity contribution in [3.05, 3.63) is 71.8 Å². The fourth-order valence-corrected chi connectivity index (χ4v) is 3.37. The van der Waals surface area contributed by atoms with E-state index in [4.69, 9.17) is 4.74 Å². The molecule has 0 aliphatic carbocycles. The Kier molecular flexibility index (Phi) is 5.03. The second-order valence-electron chi connectivity index (χ2n) is 6.46. The number of carbonyl (C=O) groups excluding carboxylic acids is 1. The summed E-state index contributed by atoms with van der Waals surface area (Å²) in [5, 5.41) is 11.8. The lowest BCUT2D eigenvalue weighted by molar-refractivity contribution is 0.0625. The van der Waals surface area contributed by atoms with E-state index in [0.717, 1.165) is 11.3 Å². The minimum Gasteiger partial charge on any atom is -0.496 e. The van der Waals surface area contributed by atoms with Crippen molar-refractivity contribution < 1.29 is 13.9 Å². The van der Waals surface area contributed by atoms with E-state index in [1.54, 1.807) is 24.1 Å². The maximum atomic E-state index is 13.2. The number of para-hydroxylation sites is 1. The zero-order chi connectivity index (χ0) is 19.5. The van der Waals surface area contributed by atoms with E-state index < -0.39 is 0 Å². The zero-order valence-corrected chi connectivity index (χ0v) is 15.4. The number of amides is 1. The van der Waals surface area contributed by atoms with Crippen molar-refractivity contribution in [2.24, 2.45) is 0 Å². The Morgan fingerprint density at radius 3 is 2.79 bits per heavy atom. The Morgan fingerprint density at radius 2 is 2.00 bits per heavy atom. The first-order valence-electron chi connectivity index (χ1n) is 9.00. The van der Waals surface area contributed by atoms with Crippen LogP contribution in [0.15, 0.2) is 54.7 Å². The van der Waals surface area contributed by atoms with Crippen LogP contribution in [-0.2, 0) is 0 Å². The molecule has 28 heavy (non-hydrogen) atoms. The molecule has 1 fully saturated rings. The second kappa shape index (κ2) is 7.77. The average Bonchev–Trinajstić information content (AvgIpc) is 3.24. The van der Waals surface area contributed by atoms with E-state index in [1.165, 1.54) is 23.1 Å². The number of rotatable bonds is 4. The highest BCUT2D eigenvalue weighted by Crippen LogP contribution is 2.30. The van der Waals surface area contributed by atoms with Gasteiger partial charge in [-0.1, -0.05) is 18.2 Å². The number of hydrogen-bond acceptors (Lipinski definition) is 5. The molecule has 1 aliphatic heterocycles. The molecule has 0 saturated carbocycles. The van der Waals surface area contributed by atoms with Gasteiger partial charge in [0.15, 0.2) is 5.69 Å². The third kappa shape index (κ3) is 3.46. The van der Waals surface area contributed by atoms with Gasteiger partial charge in [-0.05, 0) is 30.3 Å².